The number of rotatable bonds is 12. The molecule has 0 radical (unpaired) electrons. The minimum absolute atomic E-state index is 0.0213. The third-order valence-electron chi connectivity index (χ3n) is 4.84. The average Bonchev–Trinajstić information content (AvgIpc) is 2.63. The lowest BCUT2D eigenvalue weighted by Gasteiger charge is -2.15. The van der Waals surface area contributed by atoms with Crippen molar-refractivity contribution < 1.29 is 14.6 Å². The van der Waals surface area contributed by atoms with Crippen molar-refractivity contribution in [2.45, 2.75) is 86.5 Å². The number of para-hydroxylation sites is 1. The van der Waals surface area contributed by atoms with Crippen molar-refractivity contribution in [2.24, 2.45) is 17.8 Å². The van der Waals surface area contributed by atoms with Crippen LogP contribution in [0.2, 0.25) is 0 Å². The summed E-state index contributed by atoms with van der Waals surface area (Å²) in [4.78, 5) is 11.9. The van der Waals surface area contributed by atoms with Crippen molar-refractivity contribution in [1.29, 1.82) is 0 Å². The molecule has 0 fully saturated rings. The van der Waals surface area contributed by atoms with Crippen molar-refractivity contribution in [2.75, 3.05) is 6.61 Å². The molecule has 0 aromatic heterocycles. The lowest BCUT2D eigenvalue weighted by Crippen LogP contribution is -2.09. The van der Waals surface area contributed by atoms with Gasteiger partial charge in [0, 0.05) is 0 Å². The Morgan fingerprint density at radius 1 is 0.889 bits per heavy atom. The zero-order chi connectivity index (χ0) is 20.7. The molecule has 0 amide bonds. The van der Waals surface area contributed by atoms with Crippen molar-refractivity contribution in [1.82, 2.24) is 0 Å². The van der Waals surface area contributed by atoms with E-state index < -0.39 is 5.97 Å². The molecule has 0 aliphatic carbocycles. The lowest BCUT2D eigenvalue weighted by molar-refractivity contribution is 0.0480. The van der Waals surface area contributed by atoms with E-state index in [9.17, 15) is 9.90 Å². The second-order valence-corrected chi connectivity index (χ2v) is 7.91. The maximum atomic E-state index is 11.9. The Morgan fingerprint density at radius 3 is 1.96 bits per heavy atom. The molecular formula is C24H42O3. The highest BCUT2D eigenvalue weighted by molar-refractivity contribution is 5.92. The van der Waals surface area contributed by atoms with Crippen molar-refractivity contribution in [3.8, 4) is 5.75 Å². The van der Waals surface area contributed by atoms with Gasteiger partial charge in [-0.1, -0.05) is 92.2 Å². The number of benzene rings is 1. The largest absolute Gasteiger partial charge is 0.507 e. The fraction of sp³-hybridized carbons (Fsp3) is 0.708. The fourth-order valence-electron chi connectivity index (χ4n) is 3.05. The Bertz CT molecular complexity index is 496. The van der Waals surface area contributed by atoms with Crippen LogP contribution in [0, 0.1) is 17.8 Å². The van der Waals surface area contributed by atoms with Gasteiger partial charge in [-0.05, 0) is 36.3 Å². The normalized spacial score (nSPS) is 12.9. The van der Waals surface area contributed by atoms with Gasteiger partial charge >= 0.3 is 5.97 Å². The van der Waals surface area contributed by atoms with Gasteiger partial charge in [0.05, 0.1) is 6.61 Å². The molecule has 0 bridgehead atoms. The molecule has 0 spiro atoms. The van der Waals surface area contributed by atoms with E-state index in [1.54, 1.807) is 18.2 Å². The van der Waals surface area contributed by atoms with E-state index >= 15 is 0 Å². The second-order valence-electron chi connectivity index (χ2n) is 7.91. The van der Waals surface area contributed by atoms with Crippen molar-refractivity contribution in [3.63, 3.8) is 0 Å². The number of phenolic OH excluding ortho intramolecular Hbond substituents is 1. The highest BCUT2D eigenvalue weighted by Gasteiger charge is 2.12. The number of phenols is 1. The van der Waals surface area contributed by atoms with Crippen LogP contribution in [0.5, 0.6) is 5.75 Å². The standard InChI is InChI=1S/C22H36O3.C2H6/c1-17(2)9-7-10-18(3)11-8-12-19(4)15-16-25-22(24)20-13-5-6-14-21(20)23;1-2/h5-6,13-14,17-19,23H,7-12,15-16H2,1-4H3;1-2H3. The monoisotopic (exact) mass is 378 g/mol. The fourth-order valence-corrected chi connectivity index (χ4v) is 3.05. The van der Waals surface area contributed by atoms with Gasteiger partial charge < -0.3 is 9.84 Å². The zero-order valence-electron chi connectivity index (χ0n) is 18.5. The molecule has 0 saturated heterocycles. The zero-order valence-corrected chi connectivity index (χ0v) is 18.5. The number of ether oxygens (including phenoxy) is 1. The van der Waals surface area contributed by atoms with Crippen LogP contribution >= 0.6 is 0 Å². The van der Waals surface area contributed by atoms with Crippen LogP contribution in [-0.2, 0) is 4.74 Å². The van der Waals surface area contributed by atoms with Gasteiger partial charge in [-0.2, -0.15) is 0 Å². The molecule has 0 aliphatic rings. The summed E-state index contributed by atoms with van der Waals surface area (Å²) in [5, 5.41) is 9.65. The van der Waals surface area contributed by atoms with E-state index in [2.05, 4.69) is 27.7 Å². The van der Waals surface area contributed by atoms with Crippen LogP contribution in [0.3, 0.4) is 0 Å². The van der Waals surface area contributed by atoms with Gasteiger partial charge in [-0.15, -0.1) is 0 Å². The van der Waals surface area contributed by atoms with Gasteiger partial charge in [0.2, 0.25) is 0 Å². The van der Waals surface area contributed by atoms with Gasteiger partial charge in [0.1, 0.15) is 11.3 Å². The summed E-state index contributed by atoms with van der Waals surface area (Å²) in [5.41, 5.74) is 0.241. The Kier molecular flexibility index (Phi) is 14.7. The van der Waals surface area contributed by atoms with Gasteiger partial charge in [-0.25, -0.2) is 4.79 Å². The first kappa shape index (κ1) is 25.5. The van der Waals surface area contributed by atoms with E-state index in [4.69, 9.17) is 4.74 Å². The van der Waals surface area contributed by atoms with Crippen LogP contribution < -0.4 is 0 Å². The molecule has 1 aromatic carbocycles. The Labute approximate surface area is 167 Å². The lowest BCUT2D eigenvalue weighted by atomic mass is 9.93. The predicted molar refractivity (Wildman–Crippen MR) is 115 cm³/mol. The molecule has 0 saturated carbocycles. The molecule has 1 N–H and O–H groups in total. The van der Waals surface area contributed by atoms with E-state index in [1.165, 1.54) is 44.6 Å². The number of esters is 1. The number of hydrogen-bond donors (Lipinski definition) is 1. The molecule has 1 aromatic rings. The quantitative estimate of drug-likeness (QED) is 0.390. The maximum Gasteiger partial charge on any atom is 0.341 e. The molecular weight excluding hydrogens is 336 g/mol. The minimum atomic E-state index is -0.441. The first-order chi connectivity index (χ1) is 12.9. The molecule has 3 nitrogen and oxygen atoms in total. The summed E-state index contributed by atoms with van der Waals surface area (Å²) in [6.45, 7) is 13.6. The highest BCUT2D eigenvalue weighted by Crippen LogP contribution is 2.21. The van der Waals surface area contributed by atoms with Crippen molar-refractivity contribution in [3.05, 3.63) is 29.8 Å². The molecule has 27 heavy (non-hydrogen) atoms. The van der Waals surface area contributed by atoms with E-state index in [1.807, 2.05) is 13.8 Å². The second kappa shape index (κ2) is 15.5. The topological polar surface area (TPSA) is 46.5 Å². The third-order valence-corrected chi connectivity index (χ3v) is 4.84. The van der Waals surface area contributed by atoms with Crippen LogP contribution in [0.1, 0.15) is 96.8 Å². The first-order valence-electron chi connectivity index (χ1n) is 10.8. The molecule has 156 valence electrons. The van der Waals surface area contributed by atoms with E-state index in [0.29, 0.717) is 12.5 Å². The summed E-state index contributed by atoms with van der Waals surface area (Å²) in [6, 6.07) is 6.50. The van der Waals surface area contributed by atoms with Crippen LogP contribution in [-0.4, -0.2) is 17.7 Å². The smallest absolute Gasteiger partial charge is 0.341 e. The summed E-state index contributed by atoms with van der Waals surface area (Å²) in [6.07, 6.45) is 8.62. The van der Waals surface area contributed by atoms with Crippen LogP contribution in [0.15, 0.2) is 24.3 Å². The number of carbonyl (C=O) groups is 1. The highest BCUT2D eigenvalue weighted by atomic mass is 16.5. The molecule has 1 rings (SSSR count). The SMILES string of the molecule is CC.CC(C)CCCC(C)CCCC(C)CCOC(=O)c1ccccc1O. The molecule has 2 atom stereocenters. The molecule has 0 aliphatic heterocycles. The van der Waals surface area contributed by atoms with Crippen LogP contribution in [0.4, 0.5) is 0 Å². The van der Waals surface area contributed by atoms with Gasteiger partial charge in [0.25, 0.3) is 0 Å². The molecule has 2 unspecified atom stereocenters. The van der Waals surface area contributed by atoms with Crippen LogP contribution in [0.25, 0.3) is 0 Å². The molecule has 3 heteroatoms. The van der Waals surface area contributed by atoms with Gasteiger partial charge in [-0.3, -0.25) is 0 Å². The Hall–Kier alpha value is -1.51. The number of carbonyl (C=O) groups excluding carboxylic acids is 1. The van der Waals surface area contributed by atoms with Gasteiger partial charge in [0.15, 0.2) is 0 Å². The van der Waals surface area contributed by atoms with E-state index in [-0.39, 0.29) is 11.3 Å². The van der Waals surface area contributed by atoms with E-state index in [0.717, 1.165) is 18.3 Å². The minimum Gasteiger partial charge on any atom is -0.507 e. The number of hydrogen-bond acceptors (Lipinski definition) is 3. The Balaban J connectivity index is 0.00000326. The predicted octanol–water partition coefficient (Wildman–Crippen LogP) is 7.23. The maximum absolute atomic E-state index is 11.9. The molecule has 0 heterocycles. The average molecular weight is 379 g/mol. The summed E-state index contributed by atoms with van der Waals surface area (Å²) in [7, 11) is 0. The third kappa shape index (κ3) is 12.5. The summed E-state index contributed by atoms with van der Waals surface area (Å²) < 4.78 is 5.28. The summed E-state index contributed by atoms with van der Waals surface area (Å²) in [5.74, 6) is 1.72. The number of aromatic hydroxyl groups is 1. The first-order valence-corrected chi connectivity index (χ1v) is 10.8. The Morgan fingerprint density at radius 2 is 1.41 bits per heavy atom. The summed E-state index contributed by atoms with van der Waals surface area (Å²) >= 11 is 0. The van der Waals surface area contributed by atoms with Crippen molar-refractivity contribution >= 4 is 5.97 Å².